The van der Waals surface area contributed by atoms with Gasteiger partial charge in [0.1, 0.15) is 5.56 Å². The Kier molecular flexibility index (Phi) is 3.66. The first-order valence-electron chi connectivity index (χ1n) is 5.90. The second-order valence-electron chi connectivity index (χ2n) is 4.38. The minimum atomic E-state index is -1.36. The van der Waals surface area contributed by atoms with Crippen molar-refractivity contribution >= 4 is 17.5 Å². The molecule has 3 N–H and O–H groups in total. The highest BCUT2D eigenvalue weighted by Crippen LogP contribution is 2.11. The van der Waals surface area contributed by atoms with Gasteiger partial charge in [0.2, 0.25) is 0 Å². The molecule has 0 saturated heterocycles. The van der Waals surface area contributed by atoms with Crippen molar-refractivity contribution in [3.8, 4) is 0 Å². The van der Waals surface area contributed by atoms with Crippen molar-refractivity contribution in [1.82, 2.24) is 19.9 Å². The van der Waals surface area contributed by atoms with Gasteiger partial charge in [-0.3, -0.25) is 4.79 Å². The maximum atomic E-state index is 12.0. The molecule has 2 aromatic rings. The molecule has 1 atom stereocenters. The zero-order chi connectivity index (χ0) is 14.9. The molecular formula is C12H14N4O4. The molecular weight excluding hydrogens is 264 g/mol. The van der Waals surface area contributed by atoms with Crippen molar-refractivity contribution in [3.63, 3.8) is 0 Å². The summed E-state index contributed by atoms with van der Waals surface area (Å²) in [5, 5.41) is 24.0. The van der Waals surface area contributed by atoms with Crippen LogP contribution in [-0.4, -0.2) is 49.3 Å². The Hall–Kier alpha value is -2.48. The number of hydrogen-bond acceptors (Lipinski definition) is 5. The number of carbonyl (C=O) groups excluding carboxylic acids is 1. The number of aliphatic hydroxyl groups excluding tert-OH is 1. The summed E-state index contributed by atoms with van der Waals surface area (Å²) in [6.07, 6.45) is 1.32. The van der Waals surface area contributed by atoms with E-state index in [1.165, 1.54) is 10.7 Å². The van der Waals surface area contributed by atoms with Gasteiger partial charge in [-0.1, -0.05) is 0 Å². The van der Waals surface area contributed by atoms with E-state index in [0.717, 1.165) is 11.4 Å². The van der Waals surface area contributed by atoms with Crippen LogP contribution in [0.3, 0.4) is 0 Å². The number of aromatic nitrogens is 3. The lowest BCUT2D eigenvalue weighted by Gasteiger charge is -2.10. The Morgan fingerprint density at radius 3 is 2.75 bits per heavy atom. The molecule has 0 aromatic carbocycles. The van der Waals surface area contributed by atoms with Gasteiger partial charge in [0.25, 0.3) is 5.91 Å². The lowest BCUT2D eigenvalue weighted by atomic mass is 10.2. The van der Waals surface area contributed by atoms with E-state index in [1.807, 2.05) is 13.0 Å². The normalized spacial score (nSPS) is 12.3. The third kappa shape index (κ3) is 2.45. The van der Waals surface area contributed by atoms with E-state index >= 15 is 0 Å². The van der Waals surface area contributed by atoms with Crippen LogP contribution in [0.5, 0.6) is 0 Å². The highest BCUT2D eigenvalue weighted by Gasteiger charge is 2.22. The SMILES string of the molecule is Cc1cc(C)n2ncc(C(=O)N[C@@H](CO)C(=O)O)c2n1. The number of nitrogens with one attached hydrogen (secondary N) is 1. The molecule has 8 nitrogen and oxygen atoms in total. The number of carbonyl (C=O) groups is 2. The highest BCUT2D eigenvalue weighted by atomic mass is 16.4. The number of carboxylic acids is 1. The van der Waals surface area contributed by atoms with Crippen LogP contribution in [0.2, 0.25) is 0 Å². The van der Waals surface area contributed by atoms with Gasteiger partial charge in [-0.2, -0.15) is 5.10 Å². The molecule has 0 aliphatic rings. The summed E-state index contributed by atoms with van der Waals surface area (Å²) in [5.41, 5.74) is 2.04. The van der Waals surface area contributed by atoms with Crippen molar-refractivity contribution in [2.75, 3.05) is 6.61 Å². The molecule has 8 heteroatoms. The van der Waals surface area contributed by atoms with Crippen molar-refractivity contribution in [3.05, 3.63) is 29.2 Å². The number of carboxylic acid groups (broad SMARTS) is 1. The zero-order valence-corrected chi connectivity index (χ0v) is 11.0. The molecule has 106 valence electrons. The van der Waals surface area contributed by atoms with Gasteiger partial charge in [0.05, 0.1) is 12.8 Å². The van der Waals surface area contributed by atoms with Crippen molar-refractivity contribution in [1.29, 1.82) is 0 Å². The summed E-state index contributed by atoms with van der Waals surface area (Å²) in [6.45, 7) is 2.92. The monoisotopic (exact) mass is 278 g/mol. The third-order valence-corrected chi connectivity index (χ3v) is 2.81. The molecule has 2 aromatic heterocycles. The van der Waals surface area contributed by atoms with Gasteiger partial charge in [-0.15, -0.1) is 0 Å². The van der Waals surface area contributed by atoms with Crippen LogP contribution in [0, 0.1) is 13.8 Å². The Morgan fingerprint density at radius 2 is 2.15 bits per heavy atom. The number of aliphatic carboxylic acids is 1. The van der Waals surface area contributed by atoms with E-state index in [4.69, 9.17) is 10.2 Å². The summed E-state index contributed by atoms with van der Waals surface area (Å²) < 4.78 is 1.50. The topological polar surface area (TPSA) is 117 Å². The molecule has 0 fully saturated rings. The summed E-state index contributed by atoms with van der Waals surface area (Å²) in [7, 11) is 0. The molecule has 20 heavy (non-hydrogen) atoms. The number of hydrogen-bond donors (Lipinski definition) is 3. The van der Waals surface area contributed by atoms with Crippen molar-refractivity contribution < 1.29 is 19.8 Å². The number of fused-ring (bicyclic) bond motifs is 1. The molecule has 0 unspecified atom stereocenters. The second-order valence-corrected chi connectivity index (χ2v) is 4.38. The van der Waals surface area contributed by atoms with Gasteiger partial charge < -0.3 is 15.5 Å². The van der Waals surface area contributed by atoms with E-state index in [-0.39, 0.29) is 5.56 Å². The van der Waals surface area contributed by atoms with E-state index < -0.39 is 24.5 Å². The lowest BCUT2D eigenvalue weighted by Crippen LogP contribution is -2.43. The Morgan fingerprint density at radius 1 is 1.45 bits per heavy atom. The van der Waals surface area contributed by atoms with Crippen LogP contribution in [0.1, 0.15) is 21.7 Å². The van der Waals surface area contributed by atoms with Crippen LogP contribution in [0.15, 0.2) is 12.3 Å². The van der Waals surface area contributed by atoms with Crippen LogP contribution >= 0.6 is 0 Å². The second kappa shape index (κ2) is 5.25. The first-order valence-corrected chi connectivity index (χ1v) is 5.90. The molecule has 0 saturated carbocycles. The van der Waals surface area contributed by atoms with Crippen LogP contribution < -0.4 is 5.32 Å². The predicted molar refractivity (Wildman–Crippen MR) is 68.4 cm³/mol. The van der Waals surface area contributed by atoms with Crippen LogP contribution in [0.25, 0.3) is 5.65 Å². The van der Waals surface area contributed by atoms with Crippen LogP contribution in [0.4, 0.5) is 0 Å². The van der Waals surface area contributed by atoms with Gasteiger partial charge in [0, 0.05) is 11.4 Å². The van der Waals surface area contributed by atoms with Crippen molar-refractivity contribution in [2.24, 2.45) is 0 Å². The molecule has 0 aliphatic heterocycles. The first kappa shape index (κ1) is 13.9. The maximum Gasteiger partial charge on any atom is 0.328 e. The van der Waals surface area contributed by atoms with Gasteiger partial charge in [0.15, 0.2) is 11.7 Å². The predicted octanol–water partition coefficient (Wildman–Crippen LogP) is -0.479. The molecule has 0 spiro atoms. The molecule has 2 heterocycles. The minimum absolute atomic E-state index is 0.163. The Balaban J connectivity index is 2.38. The first-order chi connectivity index (χ1) is 9.43. The van der Waals surface area contributed by atoms with E-state index in [1.54, 1.807) is 6.92 Å². The highest BCUT2D eigenvalue weighted by molar-refractivity contribution is 6.01. The summed E-state index contributed by atoms with van der Waals surface area (Å²) in [4.78, 5) is 27.1. The van der Waals surface area contributed by atoms with Crippen LogP contribution in [-0.2, 0) is 4.79 Å². The third-order valence-electron chi connectivity index (χ3n) is 2.81. The van der Waals surface area contributed by atoms with Gasteiger partial charge in [-0.25, -0.2) is 14.3 Å². The number of amides is 1. The Labute approximate surface area is 114 Å². The largest absolute Gasteiger partial charge is 0.480 e. The fraction of sp³-hybridized carbons (Fsp3) is 0.333. The summed E-state index contributed by atoms with van der Waals surface area (Å²) >= 11 is 0. The van der Waals surface area contributed by atoms with Gasteiger partial charge in [-0.05, 0) is 19.9 Å². The number of rotatable bonds is 4. The maximum absolute atomic E-state index is 12.0. The molecule has 0 bridgehead atoms. The molecule has 0 radical (unpaired) electrons. The van der Waals surface area contributed by atoms with Gasteiger partial charge >= 0.3 is 5.97 Å². The number of aryl methyl sites for hydroxylation is 2. The fourth-order valence-corrected chi connectivity index (χ4v) is 1.85. The standard InChI is InChI=1S/C12H14N4O4/c1-6-3-7(2)16-10(14-6)8(4-13-16)11(18)15-9(5-17)12(19)20/h3-4,9,17H,5H2,1-2H3,(H,15,18)(H,19,20)/t9-/m0/s1. The number of nitrogens with zero attached hydrogens (tertiary/aromatic N) is 3. The number of aliphatic hydroxyl groups is 1. The smallest absolute Gasteiger partial charge is 0.328 e. The minimum Gasteiger partial charge on any atom is -0.480 e. The quantitative estimate of drug-likeness (QED) is 0.695. The molecule has 2 rings (SSSR count). The van der Waals surface area contributed by atoms with E-state index in [2.05, 4.69) is 15.4 Å². The Bertz CT molecular complexity index is 679. The summed E-state index contributed by atoms with van der Waals surface area (Å²) in [6, 6.07) is 0.457. The molecule has 0 aliphatic carbocycles. The zero-order valence-electron chi connectivity index (χ0n) is 11.0. The lowest BCUT2D eigenvalue weighted by molar-refractivity contribution is -0.140. The fourth-order valence-electron chi connectivity index (χ4n) is 1.85. The van der Waals surface area contributed by atoms with Crippen molar-refractivity contribution in [2.45, 2.75) is 19.9 Å². The average Bonchev–Trinajstić information content (AvgIpc) is 2.79. The summed E-state index contributed by atoms with van der Waals surface area (Å²) in [5.74, 6) is -1.95. The van der Waals surface area contributed by atoms with E-state index in [9.17, 15) is 9.59 Å². The van der Waals surface area contributed by atoms with E-state index in [0.29, 0.717) is 5.65 Å². The molecule has 1 amide bonds. The average molecular weight is 278 g/mol.